The lowest BCUT2D eigenvalue weighted by molar-refractivity contribution is -0.302. The summed E-state index contributed by atoms with van der Waals surface area (Å²) in [7, 11) is 0. The highest BCUT2D eigenvalue weighted by Gasteiger charge is 2.44. The number of nitrogens with one attached hydrogen (secondary N) is 1. The quantitative estimate of drug-likeness (QED) is 0.0396. The highest BCUT2D eigenvalue weighted by Crippen LogP contribution is 2.23. The van der Waals surface area contributed by atoms with Gasteiger partial charge < -0.3 is 40.3 Å². The van der Waals surface area contributed by atoms with Crippen molar-refractivity contribution in [3.8, 4) is 0 Å². The SMILES string of the molecule is CCCCCCCCCCCCCCCCCCC[C@@H](O)[C@H](CO[C@@H]1O[C@H](CO)[C@@H](O)C(O)C1O)NC(=O)CCCCCCCCCC. The molecule has 0 saturated carbocycles. The van der Waals surface area contributed by atoms with Gasteiger partial charge in [0, 0.05) is 6.42 Å². The number of hydrogen-bond donors (Lipinski definition) is 6. The molecule has 1 amide bonds. The molecule has 9 heteroatoms. The fraction of sp³-hybridized carbons (Fsp3) is 0.974. The van der Waals surface area contributed by atoms with Crippen molar-refractivity contribution in [2.45, 2.75) is 230 Å². The highest BCUT2D eigenvalue weighted by atomic mass is 16.7. The first-order chi connectivity index (χ1) is 23.3. The van der Waals surface area contributed by atoms with Crippen molar-refractivity contribution in [3.63, 3.8) is 0 Å². The molecule has 0 bridgehead atoms. The lowest BCUT2D eigenvalue weighted by Crippen LogP contribution is -2.60. The van der Waals surface area contributed by atoms with E-state index in [1.807, 2.05) is 0 Å². The van der Waals surface area contributed by atoms with E-state index in [9.17, 15) is 30.3 Å². The minimum atomic E-state index is -1.55. The Bertz CT molecular complexity index is 726. The van der Waals surface area contributed by atoms with Gasteiger partial charge in [-0.3, -0.25) is 4.79 Å². The van der Waals surface area contributed by atoms with E-state index in [-0.39, 0.29) is 12.5 Å². The van der Waals surface area contributed by atoms with E-state index in [0.29, 0.717) is 12.8 Å². The summed E-state index contributed by atoms with van der Waals surface area (Å²) in [5, 5.41) is 54.0. The summed E-state index contributed by atoms with van der Waals surface area (Å²) >= 11 is 0. The molecule has 1 heterocycles. The van der Waals surface area contributed by atoms with Crippen LogP contribution in [0, 0.1) is 0 Å². The summed E-state index contributed by atoms with van der Waals surface area (Å²) < 4.78 is 11.2. The molecule has 9 nitrogen and oxygen atoms in total. The largest absolute Gasteiger partial charge is 0.394 e. The summed E-state index contributed by atoms with van der Waals surface area (Å²) in [6.45, 7) is 3.79. The van der Waals surface area contributed by atoms with Gasteiger partial charge in [0.05, 0.1) is 25.4 Å². The number of unbranched alkanes of at least 4 members (excludes halogenated alkanes) is 23. The highest BCUT2D eigenvalue weighted by molar-refractivity contribution is 5.76. The van der Waals surface area contributed by atoms with Crippen LogP contribution in [0.1, 0.15) is 187 Å². The second-order valence-electron chi connectivity index (χ2n) is 14.4. The maximum absolute atomic E-state index is 12.8. The maximum atomic E-state index is 12.8. The lowest BCUT2D eigenvalue weighted by atomic mass is 9.99. The zero-order chi connectivity index (χ0) is 35.2. The molecule has 1 aliphatic rings. The standard InChI is InChI=1S/C39H77NO8/c1-3-5-7-9-11-13-14-15-16-17-18-19-20-21-22-24-26-28-33(42)32(40-35(43)29-27-25-23-12-10-8-6-4-2)31-47-39-38(46)37(45)36(44)34(30-41)48-39/h32-34,36-39,41-42,44-46H,3-31H2,1-2H3,(H,40,43)/t32-,33+,34+,36+,37?,38?,39+/m0/s1. The van der Waals surface area contributed by atoms with E-state index < -0.39 is 49.5 Å². The molecule has 0 aromatic carbocycles. The first-order valence-corrected chi connectivity index (χ1v) is 20.2. The van der Waals surface area contributed by atoms with Crippen LogP contribution in [0.5, 0.6) is 0 Å². The van der Waals surface area contributed by atoms with Crippen molar-refractivity contribution in [2.75, 3.05) is 13.2 Å². The van der Waals surface area contributed by atoms with Crippen molar-refractivity contribution in [1.29, 1.82) is 0 Å². The number of amides is 1. The predicted molar refractivity (Wildman–Crippen MR) is 194 cm³/mol. The molecule has 1 saturated heterocycles. The van der Waals surface area contributed by atoms with Gasteiger partial charge in [0.2, 0.25) is 5.91 Å². The van der Waals surface area contributed by atoms with Crippen LogP contribution >= 0.6 is 0 Å². The summed E-state index contributed by atoms with van der Waals surface area (Å²) in [6, 6.07) is -0.708. The molecule has 0 aromatic rings. The van der Waals surface area contributed by atoms with E-state index in [1.165, 1.54) is 122 Å². The molecular weight excluding hydrogens is 610 g/mol. The van der Waals surface area contributed by atoms with Gasteiger partial charge in [-0.15, -0.1) is 0 Å². The lowest BCUT2D eigenvalue weighted by Gasteiger charge is -2.40. The number of carbonyl (C=O) groups is 1. The van der Waals surface area contributed by atoms with Gasteiger partial charge in [0.15, 0.2) is 6.29 Å². The third-order valence-corrected chi connectivity index (χ3v) is 9.96. The van der Waals surface area contributed by atoms with Crippen molar-refractivity contribution in [1.82, 2.24) is 5.32 Å². The average Bonchev–Trinajstić information content (AvgIpc) is 3.08. The molecule has 0 radical (unpaired) electrons. The molecule has 286 valence electrons. The van der Waals surface area contributed by atoms with Gasteiger partial charge in [-0.05, 0) is 12.8 Å². The van der Waals surface area contributed by atoms with Crippen LogP contribution in [0.4, 0.5) is 0 Å². The number of rotatable bonds is 33. The Balaban J connectivity index is 2.34. The van der Waals surface area contributed by atoms with Gasteiger partial charge in [-0.2, -0.15) is 0 Å². The Morgan fingerprint density at radius 2 is 1.04 bits per heavy atom. The van der Waals surface area contributed by atoms with Crippen LogP contribution in [0.25, 0.3) is 0 Å². The molecule has 48 heavy (non-hydrogen) atoms. The van der Waals surface area contributed by atoms with E-state index in [0.717, 1.165) is 38.5 Å². The second-order valence-corrected chi connectivity index (χ2v) is 14.4. The number of carbonyl (C=O) groups excluding carboxylic acids is 1. The Labute approximate surface area is 294 Å². The zero-order valence-corrected chi connectivity index (χ0v) is 31.0. The Hall–Kier alpha value is -0.810. The molecule has 0 aliphatic carbocycles. The molecule has 0 aromatic heterocycles. The third kappa shape index (κ3) is 22.1. The van der Waals surface area contributed by atoms with Gasteiger partial charge >= 0.3 is 0 Å². The normalized spacial score (nSPS) is 22.5. The summed E-state index contributed by atoms with van der Waals surface area (Å²) in [5.41, 5.74) is 0. The molecule has 2 unspecified atom stereocenters. The Kier molecular flexibility index (Phi) is 29.2. The molecular formula is C39H77NO8. The zero-order valence-electron chi connectivity index (χ0n) is 31.0. The Morgan fingerprint density at radius 3 is 1.48 bits per heavy atom. The van der Waals surface area contributed by atoms with E-state index in [2.05, 4.69) is 19.2 Å². The van der Waals surface area contributed by atoms with Crippen molar-refractivity contribution in [2.24, 2.45) is 0 Å². The summed E-state index contributed by atoms with van der Waals surface area (Å²) in [5.74, 6) is -0.148. The fourth-order valence-corrected chi connectivity index (χ4v) is 6.63. The monoisotopic (exact) mass is 688 g/mol. The molecule has 1 rings (SSSR count). The van der Waals surface area contributed by atoms with Crippen LogP contribution < -0.4 is 5.32 Å². The topological polar surface area (TPSA) is 149 Å². The van der Waals surface area contributed by atoms with Gasteiger partial charge in [0.1, 0.15) is 24.4 Å². The van der Waals surface area contributed by atoms with Crippen LogP contribution in [0.3, 0.4) is 0 Å². The number of hydrogen-bond acceptors (Lipinski definition) is 8. The van der Waals surface area contributed by atoms with Crippen LogP contribution in [0.15, 0.2) is 0 Å². The van der Waals surface area contributed by atoms with E-state index in [4.69, 9.17) is 9.47 Å². The van der Waals surface area contributed by atoms with Gasteiger partial charge in [-0.25, -0.2) is 0 Å². The summed E-state index contributed by atoms with van der Waals surface area (Å²) in [4.78, 5) is 12.8. The first kappa shape index (κ1) is 45.2. The predicted octanol–water partition coefficient (Wildman–Crippen LogP) is 7.22. The minimum absolute atomic E-state index is 0.133. The number of ether oxygens (including phenoxy) is 2. The van der Waals surface area contributed by atoms with Crippen LogP contribution in [-0.2, 0) is 14.3 Å². The Morgan fingerprint density at radius 1 is 0.625 bits per heavy atom. The molecule has 6 N–H and O–H groups in total. The second kappa shape index (κ2) is 31.0. The van der Waals surface area contributed by atoms with Crippen LogP contribution in [0.2, 0.25) is 0 Å². The van der Waals surface area contributed by atoms with Gasteiger partial charge in [0.25, 0.3) is 0 Å². The van der Waals surface area contributed by atoms with Crippen molar-refractivity contribution < 1.29 is 39.8 Å². The average molecular weight is 688 g/mol. The summed E-state index contributed by atoms with van der Waals surface area (Å²) in [6.07, 6.45) is 24.1. The number of aliphatic hydroxyl groups excluding tert-OH is 5. The molecule has 0 spiro atoms. The van der Waals surface area contributed by atoms with Gasteiger partial charge in [-0.1, -0.05) is 168 Å². The van der Waals surface area contributed by atoms with E-state index in [1.54, 1.807) is 0 Å². The molecule has 7 atom stereocenters. The number of aliphatic hydroxyl groups is 5. The minimum Gasteiger partial charge on any atom is -0.394 e. The van der Waals surface area contributed by atoms with E-state index >= 15 is 0 Å². The molecule has 1 fully saturated rings. The smallest absolute Gasteiger partial charge is 0.220 e. The first-order valence-electron chi connectivity index (χ1n) is 20.2. The van der Waals surface area contributed by atoms with Crippen LogP contribution in [-0.4, -0.2) is 87.5 Å². The fourth-order valence-electron chi connectivity index (χ4n) is 6.63. The molecule has 1 aliphatic heterocycles. The van der Waals surface area contributed by atoms with Crippen molar-refractivity contribution >= 4 is 5.91 Å². The maximum Gasteiger partial charge on any atom is 0.220 e. The third-order valence-electron chi connectivity index (χ3n) is 9.96. The van der Waals surface area contributed by atoms with Crippen molar-refractivity contribution in [3.05, 3.63) is 0 Å².